The number of carbonyl (C=O) groups excluding carboxylic acids is 1. The monoisotopic (exact) mass is 335 g/mol. The summed E-state index contributed by atoms with van der Waals surface area (Å²) < 4.78 is 0. The number of benzene rings is 2. The maximum absolute atomic E-state index is 12.7. The minimum absolute atomic E-state index is 0.00392. The molecule has 0 aliphatic heterocycles. The number of aliphatic imine (C=N–C) groups is 1. The maximum atomic E-state index is 12.7. The van der Waals surface area contributed by atoms with Crippen LogP contribution in [0.5, 0.6) is 5.75 Å². The number of aliphatic hydroxyl groups is 1. The number of aliphatic hydroxyl groups excluding tert-OH is 1. The van der Waals surface area contributed by atoms with Crippen molar-refractivity contribution < 1.29 is 15.0 Å². The Morgan fingerprint density at radius 1 is 1.04 bits per heavy atom. The Labute approximate surface area is 147 Å². The lowest BCUT2D eigenvalue weighted by Crippen LogP contribution is -2.23. The summed E-state index contributed by atoms with van der Waals surface area (Å²) in [7, 11) is 0. The molecule has 0 aromatic heterocycles. The number of ketones is 1. The molecule has 4 heteroatoms. The van der Waals surface area contributed by atoms with Gasteiger partial charge in [0.25, 0.3) is 0 Å². The molecule has 2 N–H and O–H groups in total. The first kappa shape index (κ1) is 17.0. The Bertz CT molecular complexity index is 820. The number of carbonyl (C=O) groups is 1. The van der Waals surface area contributed by atoms with Crippen LogP contribution in [0.1, 0.15) is 37.7 Å². The van der Waals surface area contributed by atoms with Crippen LogP contribution < -0.4 is 0 Å². The normalized spacial score (nSPS) is 18.5. The van der Waals surface area contributed by atoms with E-state index in [0.29, 0.717) is 36.2 Å². The van der Waals surface area contributed by atoms with Crippen molar-refractivity contribution in [3.05, 3.63) is 71.5 Å². The van der Waals surface area contributed by atoms with Gasteiger partial charge in [0.1, 0.15) is 11.5 Å². The van der Waals surface area contributed by atoms with Crippen LogP contribution >= 0.6 is 0 Å². The molecule has 0 spiro atoms. The first-order valence-electron chi connectivity index (χ1n) is 8.45. The number of phenols is 1. The number of aromatic hydroxyl groups is 1. The number of nitrogens with zero attached hydrogens (tertiary/aromatic N) is 1. The van der Waals surface area contributed by atoms with Crippen molar-refractivity contribution in [3.8, 4) is 5.75 Å². The maximum Gasteiger partial charge on any atom is 0.168 e. The second-order valence-electron chi connectivity index (χ2n) is 6.19. The van der Waals surface area contributed by atoms with Crippen molar-refractivity contribution >= 4 is 17.2 Å². The van der Waals surface area contributed by atoms with E-state index in [-0.39, 0.29) is 23.2 Å². The summed E-state index contributed by atoms with van der Waals surface area (Å²) in [5.74, 6) is 0.212. The lowest BCUT2D eigenvalue weighted by Gasteiger charge is -2.24. The van der Waals surface area contributed by atoms with Gasteiger partial charge in [-0.25, -0.2) is 0 Å². The first-order valence-corrected chi connectivity index (χ1v) is 8.45. The highest BCUT2D eigenvalue weighted by Crippen LogP contribution is 2.34. The molecule has 0 heterocycles. The Morgan fingerprint density at radius 2 is 1.72 bits per heavy atom. The molecule has 128 valence electrons. The van der Waals surface area contributed by atoms with Crippen molar-refractivity contribution in [1.82, 2.24) is 0 Å². The summed E-state index contributed by atoms with van der Waals surface area (Å²) in [5.41, 5.74) is 2.64. The van der Waals surface area contributed by atoms with Crippen LogP contribution in [0, 0.1) is 0 Å². The Balaban J connectivity index is 1.92. The van der Waals surface area contributed by atoms with Gasteiger partial charge in [-0.15, -0.1) is 0 Å². The first-order chi connectivity index (χ1) is 12.1. The Kier molecular flexibility index (Phi) is 4.98. The van der Waals surface area contributed by atoms with Gasteiger partial charge in [-0.1, -0.05) is 37.3 Å². The fourth-order valence-corrected chi connectivity index (χ4v) is 3.18. The van der Waals surface area contributed by atoms with Crippen LogP contribution in [-0.2, 0) is 4.79 Å². The van der Waals surface area contributed by atoms with E-state index in [2.05, 4.69) is 4.99 Å². The minimum atomic E-state index is -0.0722. The summed E-state index contributed by atoms with van der Waals surface area (Å²) in [6, 6.07) is 16.3. The zero-order chi connectivity index (χ0) is 17.8. The standard InChI is InChI=1S/C21H21NO3/c1-2-18(22-16-8-10-17(23)11-9-16)21-19(24)12-15(13-20(21)25)14-6-4-3-5-7-14/h3-11,15,23-24H,2,12-13H2,1H3. The van der Waals surface area contributed by atoms with Gasteiger partial charge in [-0.05, 0) is 42.2 Å². The second kappa shape index (κ2) is 7.34. The molecule has 25 heavy (non-hydrogen) atoms. The largest absolute Gasteiger partial charge is 0.511 e. The van der Waals surface area contributed by atoms with Crippen LogP contribution in [0.3, 0.4) is 0 Å². The van der Waals surface area contributed by atoms with Gasteiger partial charge >= 0.3 is 0 Å². The van der Waals surface area contributed by atoms with Crippen molar-refractivity contribution in [3.63, 3.8) is 0 Å². The number of Topliss-reactive ketones (excluding diaryl/α,β-unsaturated/α-hetero) is 1. The number of hydrogen-bond donors (Lipinski definition) is 2. The third-order valence-corrected chi connectivity index (χ3v) is 4.45. The molecule has 1 unspecified atom stereocenters. The third-order valence-electron chi connectivity index (χ3n) is 4.45. The van der Waals surface area contributed by atoms with Crippen LogP contribution in [0.2, 0.25) is 0 Å². The van der Waals surface area contributed by atoms with E-state index in [1.807, 2.05) is 37.3 Å². The van der Waals surface area contributed by atoms with Gasteiger partial charge in [-0.2, -0.15) is 0 Å². The number of rotatable bonds is 4. The van der Waals surface area contributed by atoms with Crippen LogP contribution in [0.4, 0.5) is 5.69 Å². The van der Waals surface area contributed by atoms with E-state index in [9.17, 15) is 15.0 Å². The third kappa shape index (κ3) is 3.79. The molecule has 0 bridgehead atoms. The lowest BCUT2D eigenvalue weighted by molar-refractivity contribution is -0.116. The summed E-state index contributed by atoms with van der Waals surface area (Å²) in [6.45, 7) is 1.91. The van der Waals surface area contributed by atoms with E-state index in [1.54, 1.807) is 24.3 Å². The van der Waals surface area contributed by atoms with Gasteiger partial charge in [-0.3, -0.25) is 9.79 Å². The molecule has 0 fully saturated rings. The van der Waals surface area contributed by atoms with Gasteiger partial charge in [0.15, 0.2) is 5.78 Å². The number of allylic oxidation sites excluding steroid dienone is 2. The van der Waals surface area contributed by atoms with Crippen molar-refractivity contribution in [2.45, 2.75) is 32.1 Å². The zero-order valence-corrected chi connectivity index (χ0v) is 14.1. The van der Waals surface area contributed by atoms with E-state index < -0.39 is 0 Å². The SMILES string of the molecule is CCC(=Nc1ccc(O)cc1)C1=C(O)CC(c2ccccc2)CC1=O. The van der Waals surface area contributed by atoms with Gasteiger partial charge in [0.05, 0.1) is 17.0 Å². The molecule has 1 atom stereocenters. The second-order valence-corrected chi connectivity index (χ2v) is 6.19. The Morgan fingerprint density at radius 3 is 2.32 bits per heavy atom. The van der Waals surface area contributed by atoms with E-state index in [4.69, 9.17) is 0 Å². The molecule has 3 rings (SSSR count). The van der Waals surface area contributed by atoms with Crippen molar-refractivity contribution in [2.24, 2.45) is 4.99 Å². The van der Waals surface area contributed by atoms with Crippen LogP contribution in [-0.4, -0.2) is 21.7 Å². The fourth-order valence-electron chi connectivity index (χ4n) is 3.18. The predicted octanol–water partition coefficient (Wildman–Crippen LogP) is 4.83. The minimum Gasteiger partial charge on any atom is -0.511 e. The van der Waals surface area contributed by atoms with E-state index in [0.717, 1.165) is 5.56 Å². The zero-order valence-electron chi connectivity index (χ0n) is 14.1. The highest BCUT2D eigenvalue weighted by molar-refractivity contribution is 6.23. The average molecular weight is 335 g/mol. The summed E-state index contributed by atoms with van der Waals surface area (Å²) in [5, 5.41) is 19.9. The van der Waals surface area contributed by atoms with Crippen LogP contribution in [0.15, 0.2) is 70.9 Å². The molecular formula is C21H21NO3. The lowest BCUT2D eigenvalue weighted by atomic mass is 9.81. The van der Waals surface area contributed by atoms with E-state index >= 15 is 0 Å². The molecule has 2 aromatic rings. The Hall–Kier alpha value is -2.88. The van der Waals surface area contributed by atoms with Crippen LogP contribution in [0.25, 0.3) is 0 Å². The smallest absolute Gasteiger partial charge is 0.168 e. The van der Waals surface area contributed by atoms with E-state index in [1.165, 1.54) is 0 Å². The summed E-state index contributed by atoms with van der Waals surface area (Å²) >= 11 is 0. The molecule has 0 saturated heterocycles. The van der Waals surface area contributed by atoms with Crippen molar-refractivity contribution in [2.75, 3.05) is 0 Å². The van der Waals surface area contributed by atoms with Gasteiger partial charge in [0, 0.05) is 12.8 Å². The summed E-state index contributed by atoms with van der Waals surface area (Å²) in [4.78, 5) is 17.2. The fraction of sp³-hybridized carbons (Fsp3) is 0.238. The predicted molar refractivity (Wildman–Crippen MR) is 98.6 cm³/mol. The molecule has 0 radical (unpaired) electrons. The molecule has 0 saturated carbocycles. The highest BCUT2D eigenvalue weighted by Gasteiger charge is 2.30. The number of hydrogen-bond acceptors (Lipinski definition) is 4. The quantitative estimate of drug-likeness (QED) is 0.786. The molecule has 4 nitrogen and oxygen atoms in total. The number of phenolic OH excluding ortho intramolecular Hbond substituents is 1. The molecule has 0 amide bonds. The average Bonchev–Trinajstić information content (AvgIpc) is 2.62. The van der Waals surface area contributed by atoms with Gasteiger partial charge in [0.2, 0.25) is 0 Å². The van der Waals surface area contributed by atoms with Crippen molar-refractivity contribution in [1.29, 1.82) is 0 Å². The molecule has 2 aromatic carbocycles. The molecule has 1 aliphatic carbocycles. The topological polar surface area (TPSA) is 69.9 Å². The molecule has 1 aliphatic rings. The summed E-state index contributed by atoms with van der Waals surface area (Å²) in [6.07, 6.45) is 1.36. The molecular weight excluding hydrogens is 314 g/mol. The van der Waals surface area contributed by atoms with Gasteiger partial charge < -0.3 is 10.2 Å². The highest BCUT2D eigenvalue weighted by atomic mass is 16.3.